The van der Waals surface area contributed by atoms with E-state index in [0.717, 1.165) is 11.9 Å². The van der Waals surface area contributed by atoms with Crippen molar-refractivity contribution in [2.45, 2.75) is 0 Å². The molecule has 0 aliphatic heterocycles. The molecule has 2 aromatic carbocycles. The molecule has 0 atom stereocenters. The summed E-state index contributed by atoms with van der Waals surface area (Å²) in [5.74, 6) is -0.257. The first kappa shape index (κ1) is 16.2. The number of phenolic OH excluding ortho intramolecular Hbond substituents is 1. The van der Waals surface area contributed by atoms with E-state index in [9.17, 15) is 14.7 Å². The van der Waals surface area contributed by atoms with E-state index in [1.54, 1.807) is 0 Å². The van der Waals surface area contributed by atoms with Gasteiger partial charge in [-0.15, -0.1) is 0 Å². The number of fused-ring (bicyclic) bond motifs is 1. The Kier molecular flexibility index (Phi) is 4.43. The van der Waals surface area contributed by atoms with Gasteiger partial charge in [0, 0.05) is 23.7 Å². The molecule has 6 heteroatoms. The third-order valence-corrected chi connectivity index (χ3v) is 3.71. The number of aldehydes is 1. The second kappa shape index (κ2) is 6.84. The van der Waals surface area contributed by atoms with Gasteiger partial charge in [0.15, 0.2) is 11.9 Å². The number of allylic oxidation sites excluding steroid dienone is 1. The second-order valence-electron chi connectivity index (χ2n) is 5.23. The molecule has 3 rings (SSSR count). The van der Waals surface area contributed by atoms with E-state index in [0.29, 0.717) is 11.9 Å². The van der Waals surface area contributed by atoms with Crippen molar-refractivity contribution in [2.24, 2.45) is 0 Å². The average molecular weight is 334 g/mol. The molecule has 6 nitrogen and oxygen atoms in total. The highest BCUT2D eigenvalue weighted by atomic mass is 16.3. The summed E-state index contributed by atoms with van der Waals surface area (Å²) >= 11 is 0. The summed E-state index contributed by atoms with van der Waals surface area (Å²) in [6.07, 6.45) is 4.18. The van der Waals surface area contributed by atoms with Crippen molar-refractivity contribution in [1.82, 2.24) is 0 Å². The maximum absolute atomic E-state index is 12.7. The number of nitrogens with one attached hydrogen (secondary N) is 2. The zero-order valence-electron chi connectivity index (χ0n) is 13.0. The Balaban J connectivity index is 2.09. The lowest BCUT2D eigenvalue weighted by atomic mass is 10.0. The third kappa shape index (κ3) is 3.05. The van der Waals surface area contributed by atoms with Gasteiger partial charge in [-0.25, -0.2) is 0 Å². The minimum atomic E-state index is -0.394. The van der Waals surface area contributed by atoms with Crippen LogP contribution in [0.3, 0.4) is 0 Å². The Bertz CT molecular complexity index is 1040. The van der Waals surface area contributed by atoms with Crippen LogP contribution in [0.2, 0.25) is 0 Å². The zero-order valence-corrected chi connectivity index (χ0v) is 13.0. The van der Waals surface area contributed by atoms with E-state index in [1.165, 1.54) is 24.6 Å². The molecule has 0 aliphatic rings. The molecule has 0 bridgehead atoms. The Hall–Kier alpha value is -3.67. The normalized spacial score (nSPS) is 11.3. The lowest BCUT2D eigenvalue weighted by Gasteiger charge is -2.06. The number of aromatic hydroxyl groups is 1. The molecule has 0 saturated heterocycles. The molecule has 0 amide bonds. The smallest absolute Gasteiger partial charge is 0.200 e. The van der Waals surface area contributed by atoms with Gasteiger partial charge in [0.1, 0.15) is 12.0 Å². The number of hydrogen-bond donors (Lipinski definition) is 3. The summed E-state index contributed by atoms with van der Waals surface area (Å²) in [5.41, 5.74) is 0.843. The standard InChI is InChI=1S/C19H14N2O4/c20-8-12(9-21-13-4-2-1-3-5-13)16-11-25-19-14(18(16)24)6-7-17(23)15(19)10-22/h1-11,20-21,23H/b12-9+,20-8?. The number of carbonyl (C=O) groups is 1. The fraction of sp³-hybridized carbons (Fsp3) is 0. The zero-order chi connectivity index (χ0) is 17.8. The van der Waals surface area contributed by atoms with Gasteiger partial charge < -0.3 is 20.2 Å². The number of carbonyl (C=O) groups excluding carboxylic acids is 1. The van der Waals surface area contributed by atoms with Gasteiger partial charge in [-0.3, -0.25) is 9.59 Å². The van der Waals surface area contributed by atoms with Crippen LogP contribution in [0.25, 0.3) is 16.5 Å². The minimum absolute atomic E-state index is 0.0177. The van der Waals surface area contributed by atoms with Crippen LogP contribution in [-0.4, -0.2) is 17.6 Å². The summed E-state index contributed by atoms with van der Waals surface area (Å²) in [4.78, 5) is 23.8. The van der Waals surface area contributed by atoms with Crippen molar-refractivity contribution >= 4 is 34.7 Å². The molecule has 124 valence electrons. The highest BCUT2D eigenvalue weighted by Gasteiger charge is 2.15. The summed E-state index contributed by atoms with van der Waals surface area (Å²) in [7, 11) is 0. The average Bonchev–Trinajstić information content (AvgIpc) is 2.64. The van der Waals surface area contributed by atoms with E-state index in [4.69, 9.17) is 9.83 Å². The maximum atomic E-state index is 12.7. The Morgan fingerprint density at radius 2 is 1.92 bits per heavy atom. The Morgan fingerprint density at radius 1 is 1.16 bits per heavy atom. The molecule has 0 aliphatic carbocycles. The van der Waals surface area contributed by atoms with Crippen LogP contribution in [0.4, 0.5) is 5.69 Å². The van der Waals surface area contributed by atoms with Crippen molar-refractivity contribution in [3.8, 4) is 5.75 Å². The van der Waals surface area contributed by atoms with Crippen molar-refractivity contribution in [3.63, 3.8) is 0 Å². The van der Waals surface area contributed by atoms with Crippen molar-refractivity contribution in [3.05, 3.63) is 76.3 Å². The fourth-order valence-corrected chi connectivity index (χ4v) is 2.42. The number of benzene rings is 2. The van der Waals surface area contributed by atoms with Crippen molar-refractivity contribution in [2.75, 3.05) is 5.32 Å². The predicted octanol–water partition coefficient (Wildman–Crippen LogP) is 3.41. The number of phenols is 1. The van der Waals surface area contributed by atoms with Crippen molar-refractivity contribution in [1.29, 1.82) is 5.41 Å². The fourth-order valence-electron chi connectivity index (χ4n) is 2.42. The summed E-state index contributed by atoms with van der Waals surface area (Å²) in [6.45, 7) is 0. The first-order valence-corrected chi connectivity index (χ1v) is 7.41. The van der Waals surface area contributed by atoms with Gasteiger partial charge in [-0.1, -0.05) is 18.2 Å². The SMILES string of the molecule is N=C/C(=C\Nc1ccccc1)c1coc2c(C=O)c(O)ccc2c1=O. The Labute approximate surface area is 142 Å². The first-order chi connectivity index (χ1) is 12.2. The van der Waals surface area contributed by atoms with E-state index in [1.807, 2.05) is 30.3 Å². The first-order valence-electron chi connectivity index (χ1n) is 7.41. The second-order valence-corrected chi connectivity index (χ2v) is 5.23. The lowest BCUT2D eigenvalue weighted by molar-refractivity contribution is 0.112. The van der Waals surface area contributed by atoms with E-state index >= 15 is 0 Å². The molecule has 0 fully saturated rings. The largest absolute Gasteiger partial charge is 0.507 e. The quantitative estimate of drug-likeness (QED) is 0.490. The van der Waals surface area contributed by atoms with Crippen LogP contribution in [0.5, 0.6) is 5.75 Å². The van der Waals surface area contributed by atoms with Crippen LogP contribution < -0.4 is 10.7 Å². The molecule has 3 aromatic rings. The van der Waals surface area contributed by atoms with Gasteiger partial charge in [0.2, 0.25) is 5.43 Å². The van der Waals surface area contributed by atoms with Crippen LogP contribution in [0, 0.1) is 5.41 Å². The summed E-state index contributed by atoms with van der Waals surface area (Å²) < 4.78 is 5.40. The van der Waals surface area contributed by atoms with Gasteiger partial charge in [0.25, 0.3) is 0 Å². The topological polar surface area (TPSA) is 103 Å². The molecule has 0 spiro atoms. The molecule has 0 unspecified atom stereocenters. The van der Waals surface area contributed by atoms with E-state index in [2.05, 4.69) is 5.32 Å². The number of para-hydroxylation sites is 1. The molecule has 1 aromatic heterocycles. The van der Waals surface area contributed by atoms with E-state index in [-0.39, 0.29) is 27.8 Å². The van der Waals surface area contributed by atoms with Crippen LogP contribution in [-0.2, 0) is 0 Å². The van der Waals surface area contributed by atoms with Gasteiger partial charge in [-0.2, -0.15) is 0 Å². The summed E-state index contributed by atoms with van der Waals surface area (Å²) in [6, 6.07) is 11.9. The van der Waals surface area contributed by atoms with Crippen molar-refractivity contribution < 1.29 is 14.3 Å². The monoisotopic (exact) mass is 334 g/mol. The van der Waals surface area contributed by atoms with Gasteiger partial charge in [0.05, 0.1) is 16.5 Å². The number of anilines is 1. The highest BCUT2D eigenvalue weighted by molar-refractivity contribution is 6.09. The molecule has 0 radical (unpaired) electrons. The molecule has 1 heterocycles. The van der Waals surface area contributed by atoms with Crippen LogP contribution >= 0.6 is 0 Å². The molecule has 25 heavy (non-hydrogen) atoms. The minimum Gasteiger partial charge on any atom is -0.507 e. The van der Waals surface area contributed by atoms with E-state index < -0.39 is 5.43 Å². The predicted molar refractivity (Wildman–Crippen MR) is 96.4 cm³/mol. The highest BCUT2D eigenvalue weighted by Crippen LogP contribution is 2.25. The van der Waals surface area contributed by atoms with Crippen LogP contribution in [0.1, 0.15) is 15.9 Å². The van der Waals surface area contributed by atoms with Gasteiger partial charge in [-0.05, 0) is 24.3 Å². The number of rotatable bonds is 5. The lowest BCUT2D eigenvalue weighted by Crippen LogP contribution is -2.10. The van der Waals surface area contributed by atoms with Gasteiger partial charge >= 0.3 is 0 Å². The van der Waals surface area contributed by atoms with Crippen LogP contribution in [0.15, 0.2) is 64.1 Å². The number of hydrogen-bond acceptors (Lipinski definition) is 6. The maximum Gasteiger partial charge on any atom is 0.200 e. The molecule has 0 saturated carbocycles. The molecule has 3 N–H and O–H groups in total. The molecular weight excluding hydrogens is 320 g/mol. The third-order valence-electron chi connectivity index (χ3n) is 3.71. The summed E-state index contributed by atoms with van der Waals surface area (Å²) in [5, 5.41) is 20.4. The Morgan fingerprint density at radius 3 is 2.60 bits per heavy atom. The molecular formula is C19H14N2O4.